The third-order valence-electron chi connectivity index (χ3n) is 5.38. The molecule has 1 saturated heterocycles. The number of nitrogens with one attached hydrogen (secondary N) is 1. The summed E-state index contributed by atoms with van der Waals surface area (Å²) < 4.78 is 1.82. The van der Waals surface area contributed by atoms with Gasteiger partial charge in [0, 0.05) is 12.6 Å². The first-order valence-corrected chi connectivity index (χ1v) is 9.11. The molecule has 0 radical (unpaired) electrons. The van der Waals surface area contributed by atoms with E-state index >= 15 is 0 Å². The fourth-order valence-electron chi connectivity index (χ4n) is 4.14. The molecule has 1 amide bonds. The van der Waals surface area contributed by atoms with Gasteiger partial charge in [-0.3, -0.25) is 14.2 Å². The number of amides is 1. The van der Waals surface area contributed by atoms with Crippen molar-refractivity contribution < 1.29 is 4.79 Å². The number of rotatable bonds is 2. The summed E-state index contributed by atoms with van der Waals surface area (Å²) in [5, 5.41) is 0.579. The average molecular weight is 343 g/mol. The summed E-state index contributed by atoms with van der Waals surface area (Å²) in [6.45, 7) is 0.724. The van der Waals surface area contributed by atoms with E-state index in [1.807, 2.05) is 23.1 Å². The van der Waals surface area contributed by atoms with Gasteiger partial charge in [0.05, 0.1) is 10.9 Å². The van der Waals surface area contributed by atoms with Crippen LogP contribution in [0.5, 0.6) is 0 Å². The van der Waals surface area contributed by atoms with Crippen LogP contribution in [-0.4, -0.2) is 32.9 Å². The number of benzene rings is 1. The number of likely N-dealkylation sites (tertiary alicyclic amines) is 1. The molecule has 2 aliphatic rings. The SMILES string of the molecule is O=C1C(n2c(=S)[nH]c3ccccc3c2=O)CCN1C1CCCCC1. The zero-order valence-electron chi connectivity index (χ0n) is 13.5. The normalized spacial score (nSPS) is 22.4. The fraction of sp³-hybridized carbons (Fsp3) is 0.500. The molecule has 0 bridgehead atoms. The monoisotopic (exact) mass is 343 g/mol. The summed E-state index contributed by atoms with van der Waals surface area (Å²) in [4.78, 5) is 30.9. The van der Waals surface area contributed by atoms with Crippen molar-refractivity contribution in [2.24, 2.45) is 0 Å². The number of hydrogen-bond acceptors (Lipinski definition) is 3. The Morgan fingerprint density at radius 3 is 2.58 bits per heavy atom. The average Bonchev–Trinajstić information content (AvgIpc) is 2.97. The lowest BCUT2D eigenvalue weighted by Gasteiger charge is -2.31. The Balaban J connectivity index is 1.72. The van der Waals surface area contributed by atoms with Gasteiger partial charge in [0.25, 0.3) is 5.56 Å². The predicted octanol–water partition coefficient (Wildman–Crippen LogP) is 3.17. The van der Waals surface area contributed by atoms with Crippen molar-refractivity contribution in [3.05, 3.63) is 39.4 Å². The van der Waals surface area contributed by atoms with Crippen LogP contribution in [0.1, 0.15) is 44.6 Å². The highest BCUT2D eigenvalue weighted by Gasteiger charge is 2.38. The highest BCUT2D eigenvalue weighted by Crippen LogP contribution is 2.30. The quantitative estimate of drug-likeness (QED) is 0.852. The fourth-order valence-corrected chi connectivity index (χ4v) is 4.46. The molecule has 1 aliphatic heterocycles. The second kappa shape index (κ2) is 6.16. The standard InChI is InChI=1S/C18H21N3O2S/c22-16-13-8-4-5-9-14(13)19-18(24)21(16)15-10-11-20(17(15)23)12-6-2-1-3-7-12/h4-5,8-9,12,15H,1-3,6-7,10-11H2,(H,19,24). The van der Waals surface area contributed by atoms with E-state index in [9.17, 15) is 9.59 Å². The topological polar surface area (TPSA) is 58.1 Å². The number of carbonyl (C=O) groups excluding carboxylic acids is 1. The molecule has 1 aromatic heterocycles. The number of carbonyl (C=O) groups is 1. The minimum absolute atomic E-state index is 0.0544. The number of aromatic nitrogens is 2. The van der Waals surface area contributed by atoms with E-state index in [4.69, 9.17) is 12.2 Å². The largest absolute Gasteiger partial charge is 0.338 e. The number of hydrogen-bond donors (Lipinski definition) is 1. The first kappa shape index (κ1) is 15.6. The van der Waals surface area contributed by atoms with Gasteiger partial charge in [-0.15, -0.1) is 0 Å². The van der Waals surface area contributed by atoms with Crippen molar-refractivity contribution in [3.8, 4) is 0 Å². The van der Waals surface area contributed by atoms with Crippen LogP contribution < -0.4 is 5.56 Å². The number of nitrogens with zero attached hydrogens (tertiary/aromatic N) is 2. The van der Waals surface area contributed by atoms with Crippen molar-refractivity contribution in [1.29, 1.82) is 0 Å². The van der Waals surface area contributed by atoms with Gasteiger partial charge in [0.2, 0.25) is 5.91 Å². The molecule has 2 heterocycles. The van der Waals surface area contributed by atoms with Gasteiger partial charge in [-0.2, -0.15) is 0 Å². The van der Waals surface area contributed by atoms with E-state index in [1.165, 1.54) is 23.8 Å². The molecular formula is C18H21N3O2S. The van der Waals surface area contributed by atoms with Gasteiger partial charge in [-0.25, -0.2) is 0 Å². The smallest absolute Gasteiger partial charge is 0.262 e. The van der Waals surface area contributed by atoms with Crippen LogP contribution in [0.2, 0.25) is 0 Å². The Hall–Kier alpha value is -1.95. The van der Waals surface area contributed by atoms with Crippen molar-refractivity contribution in [1.82, 2.24) is 14.5 Å². The minimum atomic E-state index is -0.465. The Morgan fingerprint density at radius 1 is 1.04 bits per heavy atom. The highest BCUT2D eigenvalue weighted by molar-refractivity contribution is 7.71. The minimum Gasteiger partial charge on any atom is -0.338 e. The molecular weight excluding hydrogens is 322 g/mol. The van der Waals surface area contributed by atoms with E-state index in [0.29, 0.717) is 22.6 Å². The summed E-state index contributed by atoms with van der Waals surface area (Å²) >= 11 is 5.39. The maximum atomic E-state index is 13.0. The van der Waals surface area contributed by atoms with Crippen molar-refractivity contribution >= 4 is 29.0 Å². The van der Waals surface area contributed by atoms with Crippen LogP contribution in [0.25, 0.3) is 10.9 Å². The van der Waals surface area contributed by atoms with E-state index in [1.54, 1.807) is 6.07 Å². The molecule has 126 valence electrons. The maximum absolute atomic E-state index is 13.0. The molecule has 6 heteroatoms. The van der Waals surface area contributed by atoms with Gasteiger partial charge in [0.15, 0.2) is 4.77 Å². The third kappa shape index (κ3) is 2.49. The Morgan fingerprint density at radius 2 is 1.79 bits per heavy atom. The highest BCUT2D eigenvalue weighted by atomic mass is 32.1. The van der Waals surface area contributed by atoms with Gasteiger partial charge in [0.1, 0.15) is 6.04 Å². The van der Waals surface area contributed by atoms with Crippen LogP contribution >= 0.6 is 12.2 Å². The second-order valence-corrected chi connectivity index (χ2v) is 7.17. The van der Waals surface area contributed by atoms with Crippen LogP contribution in [0.15, 0.2) is 29.1 Å². The molecule has 1 aromatic carbocycles. The Kier molecular flexibility index (Phi) is 4.00. The molecule has 1 aliphatic carbocycles. The maximum Gasteiger partial charge on any atom is 0.262 e. The predicted molar refractivity (Wildman–Crippen MR) is 95.6 cm³/mol. The molecule has 24 heavy (non-hydrogen) atoms. The number of H-pyrrole nitrogens is 1. The molecule has 1 saturated carbocycles. The zero-order chi connectivity index (χ0) is 16.7. The summed E-state index contributed by atoms with van der Waals surface area (Å²) in [7, 11) is 0. The van der Waals surface area contributed by atoms with Crippen molar-refractivity contribution in [2.75, 3.05) is 6.54 Å². The van der Waals surface area contributed by atoms with Gasteiger partial charge >= 0.3 is 0 Å². The van der Waals surface area contributed by atoms with Crippen LogP contribution in [0.3, 0.4) is 0 Å². The van der Waals surface area contributed by atoms with E-state index in [0.717, 1.165) is 24.9 Å². The first-order chi connectivity index (χ1) is 11.7. The molecule has 2 aromatic rings. The van der Waals surface area contributed by atoms with Gasteiger partial charge in [-0.05, 0) is 43.6 Å². The Bertz CT molecular complexity index is 895. The summed E-state index contributed by atoms with van der Waals surface area (Å²) in [6, 6.07) is 7.18. The third-order valence-corrected chi connectivity index (χ3v) is 5.67. The lowest BCUT2D eigenvalue weighted by atomic mass is 9.94. The van der Waals surface area contributed by atoms with Crippen LogP contribution in [0.4, 0.5) is 0 Å². The number of aromatic amines is 1. The molecule has 4 rings (SSSR count). The van der Waals surface area contributed by atoms with Gasteiger partial charge in [-0.1, -0.05) is 31.4 Å². The van der Waals surface area contributed by atoms with E-state index in [2.05, 4.69) is 4.98 Å². The van der Waals surface area contributed by atoms with Crippen LogP contribution in [-0.2, 0) is 4.79 Å². The molecule has 1 N–H and O–H groups in total. The summed E-state index contributed by atoms with van der Waals surface area (Å²) in [5.41, 5.74) is 0.552. The molecule has 0 spiro atoms. The zero-order valence-corrected chi connectivity index (χ0v) is 14.3. The second-order valence-electron chi connectivity index (χ2n) is 6.78. The number of para-hydroxylation sites is 1. The Labute approximate surface area is 145 Å². The van der Waals surface area contributed by atoms with Gasteiger partial charge < -0.3 is 9.88 Å². The molecule has 2 fully saturated rings. The molecule has 1 atom stereocenters. The van der Waals surface area contributed by atoms with E-state index < -0.39 is 6.04 Å². The van der Waals surface area contributed by atoms with Crippen molar-refractivity contribution in [3.63, 3.8) is 0 Å². The summed E-state index contributed by atoms with van der Waals surface area (Å²) in [5.74, 6) is 0.0544. The molecule has 1 unspecified atom stereocenters. The first-order valence-electron chi connectivity index (χ1n) is 8.71. The van der Waals surface area contributed by atoms with E-state index in [-0.39, 0.29) is 11.5 Å². The lowest BCUT2D eigenvalue weighted by Crippen LogP contribution is -2.40. The lowest BCUT2D eigenvalue weighted by molar-refractivity contribution is -0.133. The summed E-state index contributed by atoms with van der Waals surface area (Å²) in [6.07, 6.45) is 6.46. The van der Waals surface area contributed by atoms with Crippen LogP contribution in [0, 0.1) is 4.77 Å². The van der Waals surface area contributed by atoms with Crippen molar-refractivity contribution in [2.45, 2.75) is 50.6 Å². The number of fused-ring (bicyclic) bond motifs is 1. The molecule has 5 nitrogen and oxygen atoms in total.